The van der Waals surface area contributed by atoms with Crippen LogP contribution in [0.1, 0.15) is 43.7 Å². The molecule has 0 saturated heterocycles. The summed E-state index contributed by atoms with van der Waals surface area (Å²) in [5.74, 6) is 0.187. The number of rotatable bonds is 4. The quantitative estimate of drug-likeness (QED) is 0.797. The molecule has 0 spiro atoms. The Bertz CT molecular complexity index is 488. The second-order valence-corrected chi connectivity index (χ2v) is 5.89. The molecule has 4 heteroatoms. The Morgan fingerprint density at radius 2 is 2.10 bits per heavy atom. The van der Waals surface area contributed by atoms with Crippen molar-refractivity contribution in [1.29, 1.82) is 0 Å². The molecule has 3 N–H and O–H groups in total. The van der Waals surface area contributed by atoms with E-state index in [1.807, 2.05) is 25.1 Å². The molecule has 1 aromatic carbocycles. The minimum atomic E-state index is -0.163. The lowest BCUT2D eigenvalue weighted by molar-refractivity contribution is 0.156. The van der Waals surface area contributed by atoms with Crippen molar-refractivity contribution in [2.24, 2.45) is 5.92 Å². The minimum Gasteiger partial charge on any atom is -0.396 e. The van der Waals surface area contributed by atoms with Gasteiger partial charge >= 0.3 is 6.03 Å². The fraction of sp³-hybridized carbons (Fsp3) is 0.588. The van der Waals surface area contributed by atoms with Crippen LogP contribution in [0.2, 0.25) is 0 Å². The number of aliphatic hydroxyl groups excluding tert-OH is 1. The first-order valence-corrected chi connectivity index (χ1v) is 7.92. The normalized spacial score (nSPS) is 21.9. The van der Waals surface area contributed by atoms with Gasteiger partial charge in [-0.3, -0.25) is 0 Å². The number of hydrogen-bond acceptors (Lipinski definition) is 2. The predicted molar refractivity (Wildman–Crippen MR) is 85.5 cm³/mol. The Kier molecular flexibility index (Phi) is 5.62. The van der Waals surface area contributed by atoms with E-state index in [-0.39, 0.29) is 24.6 Å². The zero-order valence-corrected chi connectivity index (χ0v) is 13.0. The summed E-state index contributed by atoms with van der Waals surface area (Å²) in [5.41, 5.74) is 3.13. The summed E-state index contributed by atoms with van der Waals surface area (Å²) in [5, 5.41) is 15.4. The predicted octanol–water partition coefficient (Wildman–Crippen LogP) is 3.23. The molecule has 0 heterocycles. The number of benzene rings is 1. The van der Waals surface area contributed by atoms with Crippen LogP contribution in [0, 0.1) is 12.8 Å². The highest BCUT2D eigenvalue weighted by Crippen LogP contribution is 2.25. The molecule has 1 aliphatic rings. The highest BCUT2D eigenvalue weighted by Gasteiger charge is 2.26. The summed E-state index contributed by atoms with van der Waals surface area (Å²) in [6.07, 6.45) is 5.09. The third-order valence-corrected chi connectivity index (χ3v) is 4.44. The van der Waals surface area contributed by atoms with Crippen molar-refractivity contribution in [2.75, 3.05) is 11.9 Å². The first-order chi connectivity index (χ1) is 10.2. The van der Waals surface area contributed by atoms with Crippen LogP contribution in [-0.4, -0.2) is 23.8 Å². The third-order valence-electron chi connectivity index (χ3n) is 4.44. The van der Waals surface area contributed by atoms with Gasteiger partial charge in [-0.15, -0.1) is 0 Å². The largest absolute Gasteiger partial charge is 0.396 e. The highest BCUT2D eigenvalue weighted by molar-refractivity contribution is 5.91. The zero-order chi connectivity index (χ0) is 15.2. The number of hydrogen-bond donors (Lipinski definition) is 3. The Labute approximate surface area is 126 Å². The highest BCUT2D eigenvalue weighted by atomic mass is 16.3. The Hall–Kier alpha value is -1.55. The summed E-state index contributed by atoms with van der Waals surface area (Å²) in [6.45, 7) is 4.24. The molecular formula is C17H26N2O2. The van der Waals surface area contributed by atoms with Crippen LogP contribution in [0.5, 0.6) is 0 Å². The van der Waals surface area contributed by atoms with E-state index in [0.29, 0.717) is 0 Å². The molecule has 116 valence electrons. The van der Waals surface area contributed by atoms with Crippen LogP contribution in [0.3, 0.4) is 0 Å². The molecule has 2 rings (SSSR count). The topological polar surface area (TPSA) is 61.4 Å². The molecule has 2 atom stereocenters. The molecule has 1 aliphatic carbocycles. The molecule has 2 unspecified atom stereocenters. The number of anilines is 1. The van der Waals surface area contributed by atoms with Crippen molar-refractivity contribution < 1.29 is 9.90 Å². The number of aliphatic hydroxyl groups is 1. The lowest BCUT2D eigenvalue weighted by Gasteiger charge is -2.31. The maximum absolute atomic E-state index is 12.3. The van der Waals surface area contributed by atoms with Gasteiger partial charge in [-0.25, -0.2) is 4.79 Å². The molecule has 1 fully saturated rings. The zero-order valence-electron chi connectivity index (χ0n) is 13.0. The molecule has 1 saturated carbocycles. The number of amides is 2. The van der Waals surface area contributed by atoms with Gasteiger partial charge < -0.3 is 15.7 Å². The summed E-state index contributed by atoms with van der Waals surface area (Å²) in [4.78, 5) is 12.3. The van der Waals surface area contributed by atoms with Crippen LogP contribution in [-0.2, 0) is 6.42 Å². The first kappa shape index (κ1) is 15.8. The Balaban J connectivity index is 2.01. The summed E-state index contributed by atoms with van der Waals surface area (Å²) >= 11 is 0. The molecule has 0 aliphatic heterocycles. The van der Waals surface area contributed by atoms with Crippen LogP contribution in [0.25, 0.3) is 0 Å². The van der Waals surface area contributed by atoms with Crippen LogP contribution < -0.4 is 10.6 Å². The number of para-hydroxylation sites is 1. The van der Waals surface area contributed by atoms with Crippen molar-refractivity contribution in [3.05, 3.63) is 29.3 Å². The van der Waals surface area contributed by atoms with E-state index in [2.05, 4.69) is 17.6 Å². The molecule has 1 aromatic rings. The van der Waals surface area contributed by atoms with Gasteiger partial charge in [0.05, 0.1) is 0 Å². The van der Waals surface area contributed by atoms with E-state index in [1.165, 1.54) is 0 Å². The van der Waals surface area contributed by atoms with Gasteiger partial charge in [-0.2, -0.15) is 0 Å². The van der Waals surface area contributed by atoms with Gasteiger partial charge in [-0.05, 0) is 37.3 Å². The van der Waals surface area contributed by atoms with Gasteiger partial charge in [0, 0.05) is 24.3 Å². The average molecular weight is 290 g/mol. The maximum Gasteiger partial charge on any atom is 0.319 e. The fourth-order valence-electron chi connectivity index (χ4n) is 3.14. The van der Waals surface area contributed by atoms with E-state index in [9.17, 15) is 9.90 Å². The van der Waals surface area contributed by atoms with Crippen molar-refractivity contribution in [3.8, 4) is 0 Å². The molecule has 0 aromatic heterocycles. The maximum atomic E-state index is 12.3. The Morgan fingerprint density at radius 1 is 1.33 bits per heavy atom. The standard InChI is InChI=1S/C17H26N2O2/c1-3-13-9-6-7-12(2)16(13)19-17(21)18-15-10-5-4-8-14(15)11-20/h6-7,9,14-15,20H,3-5,8,10-11H2,1-2H3,(H2,18,19,21). The van der Waals surface area contributed by atoms with E-state index in [1.54, 1.807) is 0 Å². The second kappa shape index (κ2) is 7.46. The minimum absolute atomic E-state index is 0.0813. The van der Waals surface area contributed by atoms with Crippen molar-refractivity contribution in [2.45, 2.75) is 52.0 Å². The van der Waals surface area contributed by atoms with Crippen LogP contribution in [0.4, 0.5) is 10.5 Å². The molecule has 0 radical (unpaired) electrons. The number of urea groups is 1. The van der Waals surface area contributed by atoms with Crippen molar-refractivity contribution in [3.63, 3.8) is 0 Å². The van der Waals surface area contributed by atoms with E-state index in [0.717, 1.165) is 48.9 Å². The second-order valence-electron chi connectivity index (χ2n) is 5.89. The molecule has 2 amide bonds. The number of aryl methyl sites for hydroxylation is 2. The van der Waals surface area contributed by atoms with Gasteiger partial charge in [0.25, 0.3) is 0 Å². The lowest BCUT2D eigenvalue weighted by atomic mass is 9.85. The van der Waals surface area contributed by atoms with E-state index in [4.69, 9.17) is 0 Å². The fourth-order valence-corrected chi connectivity index (χ4v) is 3.14. The van der Waals surface area contributed by atoms with Crippen molar-refractivity contribution in [1.82, 2.24) is 5.32 Å². The monoisotopic (exact) mass is 290 g/mol. The van der Waals surface area contributed by atoms with E-state index >= 15 is 0 Å². The molecular weight excluding hydrogens is 264 g/mol. The van der Waals surface area contributed by atoms with Gasteiger partial charge in [0.15, 0.2) is 0 Å². The van der Waals surface area contributed by atoms with Crippen LogP contribution >= 0.6 is 0 Å². The smallest absolute Gasteiger partial charge is 0.319 e. The third kappa shape index (κ3) is 3.97. The lowest BCUT2D eigenvalue weighted by Crippen LogP contribution is -2.45. The summed E-state index contributed by atoms with van der Waals surface area (Å²) < 4.78 is 0. The first-order valence-electron chi connectivity index (χ1n) is 7.92. The van der Waals surface area contributed by atoms with Gasteiger partial charge in [0.1, 0.15) is 0 Å². The number of carbonyl (C=O) groups excluding carboxylic acids is 1. The molecule has 0 bridgehead atoms. The number of nitrogens with one attached hydrogen (secondary N) is 2. The summed E-state index contributed by atoms with van der Waals surface area (Å²) in [6, 6.07) is 5.98. The average Bonchev–Trinajstić information content (AvgIpc) is 2.49. The van der Waals surface area contributed by atoms with E-state index < -0.39 is 0 Å². The summed E-state index contributed by atoms with van der Waals surface area (Å²) in [7, 11) is 0. The van der Waals surface area contributed by atoms with Crippen LogP contribution in [0.15, 0.2) is 18.2 Å². The van der Waals surface area contributed by atoms with Gasteiger partial charge in [-0.1, -0.05) is 38.0 Å². The van der Waals surface area contributed by atoms with Gasteiger partial charge in [0.2, 0.25) is 0 Å². The Morgan fingerprint density at radius 3 is 2.81 bits per heavy atom. The SMILES string of the molecule is CCc1cccc(C)c1NC(=O)NC1CCCCC1CO. The van der Waals surface area contributed by atoms with Crippen molar-refractivity contribution >= 4 is 11.7 Å². The number of carbonyl (C=O) groups is 1. The molecule has 21 heavy (non-hydrogen) atoms. The molecule has 4 nitrogen and oxygen atoms in total.